The third-order valence-electron chi connectivity index (χ3n) is 5.39. The van der Waals surface area contributed by atoms with Crippen molar-refractivity contribution in [2.24, 2.45) is 5.73 Å². The molecule has 0 aliphatic rings. The maximum absolute atomic E-state index is 5.40. The van der Waals surface area contributed by atoms with Gasteiger partial charge in [-0.05, 0) is 24.1 Å². The lowest BCUT2D eigenvalue weighted by molar-refractivity contribution is 0.122. The fourth-order valence-electron chi connectivity index (χ4n) is 3.10. The quantitative estimate of drug-likeness (QED) is 0.144. The molecule has 0 aliphatic carbocycles. The summed E-state index contributed by atoms with van der Waals surface area (Å²) < 4.78 is 31.7. The average molecular weight is 533 g/mol. The van der Waals surface area contributed by atoms with Gasteiger partial charge in [0.05, 0.1) is 6.17 Å². The molecule has 10 nitrogen and oxygen atoms in total. The molecule has 0 amide bonds. The van der Waals surface area contributed by atoms with Crippen LogP contribution in [0.4, 0.5) is 0 Å². The summed E-state index contributed by atoms with van der Waals surface area (Å²) in [6.07, 6.45) is 3.42. The Morgan fingerprint density at radius 2 is 1.29 bits per heavy atom. The van der Waals surface area contributed by atoms with Crippen molar-refractivity contribution in [2.45, 2.75) is 19.0 Å². The van der Waals surface area contributed by atoms with Gasteiger partial charge in [0.25, 0.3) is 0 Å². The van der Waals surface area contributed by atoms with Crippen LogP contribution in [0.3, 0.4) is 0 Å². The number of nitrogens with two attached hydrogens (primary N) is 1. The van der Waals surface area contributed by atoms with E-state index in [1.807, 2.05) is 6.08 Å². The van der Waals surface area contributed by atoms with Gasteiger partial charge in [0.2, 0.25) is 0 Å². The molecule has 0 bridgehead atoms. The number of rotatable bonds is 20. The number of benzene rings is 1. The zero-order chi connectivity index (χ0) is 26.4. The fourth-order valence-corrected chi connectivity index (χ4v) is 6.24. The smallest absolute Gasteiger partial charge is 0.377 e. The van der Waals surface area contributed by atoms with E-state index in [2.05, 4.69) is 46.8 Å². The molecule has 0 saturated heterocycles. The van der Waals surface area contributed by atoms with Crippen LogP contribution in [0.2, 0.25) is 6.04 Å². The normalized spacial score (nSPS) is 11.7. The van der Waals surface area contributed by atoms with Crippen molar-refractivity contribution in [3.05, 3.63) is 42.0 Å². The van der Waals surface area contributed by atoms with E-state index in [9.17, 15) is 0 Å². The minimum Gasteiger partial charge on any atom is -0.377 e. The van der Waals surface area contributed by atoms with Crippen LogP contribution in [-0.4, -0.2) is 99.2 Å². The van der Waals surface area contributed by atoms with Gasteiger partial charge in [0.15, 0.2) is 0 Å². The molecule has 1 aromatic carbocycles. The molecule has 0 spiro atoms. The molecular weight excluding hydrogens is 484 g/mol. The molecule has 0 fully saturated rings. The minimum absolute atomic E-state index is 0.591. The topological polar surface area (TPSA) is 117 Å². The summed E-state index contributed by atoms with van der Waals surface area (Å²) in [5, 5.41) is 9.93. The van der Waals surface area contributed by atoms with E-state index >= 15 is 0 Å². The summed E-state index contributed by atoms with van der Waals surface area (Å²) in [5.41, 5.74) is 7.75. The monoisotopic (exact) mass is 532 g/mol. The molecule has 0 aromatic heterocycles. The Morgan fingerprint density at radius 1 is 0.743 bits per heavy atom. The van der Waals surface area contributed by atoms with E-state index in [1.54, 1.807) is 42.7 Å². The molecule has 0 aliphatic heterocycles. The van der Waals surface area contributed by atoms with Crippen molar-refractivity contribution in [1.82, 2.24) is 16.0 Å². The molecule has 0 saturated carbocycles. The van der Waals surface area contributed by atoms with Crippen LogP contribution in [0.15, 0.2) is 30.8 Å². The first-order valence-electron chi connectivity index (χ1n) is 11.8. The van der Waals surface area contributed by atoms with Gasteiger partial charge in [-0.25, -0.2) is 0 Å². The molecule has 12 heteroatoms. The van der Waals surface area contributed by atoms with Crippen LogP contribution in [0.5, 0.6) is 0 Å². The van der Waals surface area contributed by atoms with Gasteiger partial charge < -0.3 is 48.2 Å². The largest absolute Gasteiger partial charge is 0.514 e. The molecule has 204 valence electrons. The van der Waals surface area contributed by atoms with Crippen LogP contribution in [0.1, 0.15) is 17.5 Å². The highest BCUT2D eigenvalue weighted by atomic mass is 28.4. The minimum atomic E-state index is -2.42. The van der Waals surface area contributed by atoms with Gasteiger partial charge in [-0.2, -0.15) is 0 Å². The standard InChI is InChI=1S/C17H30N2O3Si.C6H18N2O3Si/c1-5-16-7-9-17(10-8-16)15-19-13-12-18-11-6-14-23(20-2,21-3)22-4;1-9-12(10-2,11-3)6-8-5-4-7/h5,7-10,18-19H,1,6,11-15H2,2-4H3;8H,4-7H2,1-3H3. The Balaban J connectivity index is 0.000000814. The second kappa shape index (κ2) is 21.1. The van der Waals surface area contributed by atoms with Crippen LogP contribution >= 0.6 is 0 Å². The van der Waals surface area contributed by atoms with E-state index in [0.717, 1.165) is 50.8 Å². The third kappa shape index (κ3) is 14.4. The van der Waals surface area contributed by atoms with Gasteiger partial charge in [0, 0.05) is 81.4 Å². The summed E-state index contributed by atoms with van der Waals surface area (Å²) in [4.78, 5) is 0. The van der Waals surface area contributed by atoms with E-state index in [0.29, 0.717) is 12.7 Å². The Labute approximate surface area is 214 Å². The maximum atomic E-state index is 5.40. The lowest BCUT2D eigenvalue weighted by Crippen LogP contribution is -2.52. The van der Waals surface area contributed by atoms with Crippen molar-refractivity contribution in [3.8, 4) is 0 Å². The second-order valence-electron chi connectivity index (χ2n) is 7.53. The summed E-state index contributed by atoms with van der Waals surface area (Å²) in [5.74, 6) is 0. The summed E-state index contributed by atoms with van der Waals surface area (Å²) in [7, 11) is 4.88. The number of hydrogen-bond donors (Lipinski definition) is 4. The van der Waals surface area contributed by atoms with Crippen LogP contribution in [0, 0.1) is 0 Å². The lowest BCUT2D eigenvalue weighted by Gasteiger charge is -2.24. The Bertz CT molecular complexity index is 618. The van der Waals surface area contributed by atoms with Crippen LogP contribution in [0.25, 0.3) is 6.08 Å². The molecule has 0 radical (unpaired) electrons. The Kier molecular flexibility index (Phi) is 20.5. The van der Waals surface area contributed by atoms with E-state index in [4.69, 9.17) is 32.3 Å². The molecule has 1 rings (SSSR count). The molecule has 1 aromatic rings. The van der Waals surface area contributed by atoms with Crippen molar-refractivity contribution >= 4 is 23.7 Å². The first-order valence-corrected chi connectivity index (χ1v) is 15.6. The highest BCUT2D eigenvalue weighted by molar-refractivity contribution is 6.61. The summed E-state index contributed by atoms with van der Waals surface area (Å²) in [6, 6.07) is 9.25. The van der Waals surface area contributed by atoms with E-state index in [1.165, 1.54) is 5.56 Å². The predicted molar refractivity (Wildman–Crippen MR) is 146 cm³/mol. The van der Waals surface area contributed by atoms with Gasteiger partial charge in [0.1, 0.15) is 0 Å². The highest BCUT2D eigenvalue weighted by Gasteiger charge is 2.37. The van der Waals surface area contributed by atoms with Gasteiger partial charge in [-0.3, -0.25) is 0 Å². The van der Waals surface area contributed by atoms with Gasteiger partial charge >= 0.3 is 17.6 Å². The number of hydrogen-bond acceptors (Lipinski definition) is 10. The predicted octanol–water partition coefficient (Wildman–Crippen LogP) is 1.23. The first kappa shape index (κ1) is 34.0. The third-order valence-corrected chi connectivity index (χ3v) is 10.8. The van der Waals surface area contributed by atoms with Crippen molar-refractivity contribution in [1.29, 1.82) is 0 Å². The average Bonchev–Trinajstić information content (AvgIpc) is 2.92. The highest BCUT2D eigenvalue weighted by Crippen LogP contribution is 2.14. The van der Waals surface area contributed by atoms with Crippen molar-refractivity contribution in [3.63, 3.8) is 0 Å². The lowest BCUT2D eigenvalue weighted by atomic mass is 10.1. The molecule has 5 N–H and O–H groups in total. The molecule has 35 heavy (non-hydrogen) atoms. The Hall–Kier alpha value is -1.01. The van der Waals surface area contributed by atoms with Crippen LogP contribution in [-0.2, 0) is 33.1 Å². The first-order chi connectivity index (χ1) is 16.9. The number of nitrogens with one attached hydrogen (secondary N) is 3. The molecule has 0 unspecified atom stereocenters. The molecule has 0 atom stereocenters. The van der Waals surface area contributed by atoms with Crippen molar-refractivity contribution in [2.75, 3.05) is 81.6 Å². The van der Waals surface area contributed by atoms with E-state index in [-0.39, 0.29) is 0 Å². The molecular formula is C23H48N4O6Si2. The zero-order valence-corrected chi connectivity index (χ0v) is 24.5. The van der Waals surface area contributed by atoms with Gasteiger partial charge in [-0.15, -0.1) is 0 Å². The Morgan fingerprint density at radius 3 is 1.77 bits per heavy atom. The van der Waals surface area contributed by atoms with Crippen LogP contribution < -0.4 is 21.7 Å². The molecule has 0 heterocycles. The zero-order valence-electron chi connectivity index (χ0n) is 22.5. The fraction of sp³-hybridized carbons (Fsp3) is 0.652. The van der Waals surface area contributed by atoms with Gasteiger partial charge in [-0.1, -0.05) is 36.9 Å². The van der Waals surface area contributed by atoms with E-state index < -0.39 is 17.6 Å². The summed E-state index contributed by atoms with van der Waals surface area (Å²) in [6.45, 7) is 8.78. The SMILES string of the molecule is C=Cc1ccc(CNCCNCCC[Si](OC)(OC)OC)cc1.CO[Si](CNCCN)(OC)OC. The maximum Gasteiger partial charge on any atom is 0.514 e. The summed E-state index contributed by atoms with van der Waals surface area (Å²) >= 11 is 0. The second-order valence-corrected chi connectivity index (χ2v) is 13.6. The van der Waals surface area contributed by atoms with Crippen molar-refractivity contribution < 1.29 is 26.6 Å².